The van der Waals surface area contributed by atoms with Gasteiger partial charge in [-0.1, -0.05) is 44.4 Å². The maximum Gasteiger partial charge on any atom is 0.0248 e. The van der Waals surface area contributed by atoms with Crippen molar-refractivity contribution in [2.45, 2.75) is 62.1 Å². The second kappa shape index (κ2) is 7.20. The van der Waals surface area contributed by atoms with Gasteiger partial charge in [0.1, 0.15) is 0 Å². The van der Waals surface area contributed by atoms with E-state index in [0.29, 0.717) is 6.04 Å². The van der Waals surface area contributed by atoms with Gasteiger partial charge in [-0.3, -0.25) is 0 Å². The molecule has 2 heteroatoms. The normalized spacial score (nSPS) is 24.8. The summed E-state index contributed by atoms with van der Waals surface area (Å²) in [6.45, 7) is 5.54. The van der Waals surface area contributed by atoms with Crippen LogP contribution >= 0.6 is 11.8 Å². The predicted molar refractivity (Wildman–Crippen MR) is 81.4 cm³/mol. The Hall–Kier alpha value is -0.470. The van der Waals surface area contributed by atoms with E-state index in [2.05, 4.69) is 55.2 Å². The molecule has 0 aliphatic heterocycles. The Morgan fingerprint density at radius 2 is 1.94 bits per heavy atom. The van der Waals surface area contributed by atoms with Gasteiger partial charge in [-0.15, -0.1) is 11.8 Å². The minimum Gasteiger partial charge on any atom is -0.313 e. The molecule has 1 saturated carbocycles. The van der Waals surface area contributed by atoms with E-state index < -0.39 is 0 Å². The van der Waals surface area contributed by atoms with Gasteiger partial charge in [0.2, 0.25) is 0 Å². The average Bonchev–Trinajstić information content (AvgIpc) is 2.59. The number of hydrogen-bond donors (Lipinski definition) is 1. The lowest BCUT2D eigenvalue weighted by Gasteiger charge is -2.26. The van der Waals surface area contributed by atoms with Crippen LogP contribution < -0.4 is 5.32 Å². The lowest BCUT2D eigenvalue weighted by Crippen LogP contribution is -2.37. The van der Waals surface area contributed by atoms with Crippen molar-refractivity contribution < 1.29 is 0 Å². The molecule has 0 spiro atoms. The summed E-state index contributed by atoms with van der Waals surface area (Å²) < 4.78 is 0. The van der Waals surface area contributed by atoms with Crippen molar-refractivity contribution >= 4 is 11.8 Å². The Balaban J connectivity index is 2.06. The molecule has 0 aromatic heterocycles. The fourth-order valence-electron chi connectivity index (χ4n) is 2.76. The van der Waals surface area contributed by atoms with Crippen molar-refractivity contribution in [3.63, 3.8) is 0 Å². The first kappa shape index (κ1) is 14.0. The summed E-state index contributed by atoms with van der Waals surface area (Å²) in [4.78, 5) is 1.47. The van der Waals surface area contributed by atoms with Gasteiger partial charge in [0.25, 0.3) is 0 Å². The van der Waals surface area contributed by atoms with Crippen LogP contribution in [0.1, 0.15) is 44.6 Å². The molecule has 0 radical (unpaired) electrons. The maximum atomic E-state index is 3.69. The summed E-state index contributed by atoms with van der Waals surface area (Å²) >= 11 is 2.09. The first-order valence-corrected chi connectivity index (χ1v) is 8.15. The fraction of sp³-hybridized carbons (Fsp3) is 0.625. The Morgan fingerprint density at radius 3 is 2.72 bits per heavy atom. The molecule has 2 atom stereocenters. The van der Waals surface area contributed by atoms with Crippen LogP contribution in [-0.4, -0.2) is 17.8 Å². The molecule has 0 heterocycles. The Kier molecular flexibility index (Phi) is 5.58. The molecule has 1 aliphatic carbocycles. The molecule has 0 bridgehead atoms. The second-order valence-corrected chi connectivity index (χ2v) is 6.51. The van der Waals surface area contributed by atoms with Crippen LogP contribution in [0.5, 0.6) is 0 Å². The Bertz CT molecular complexity index is 364. The third kappa shape index (κ3) is 3.76. The molecule has 0 saturated heterocycles. The number of hydrogen-bond acceptors (Lipinski definition) is 2. The Labute approximate surface area is 116 Å². The molecule has 0 amide bonds. The third-order valence-electron chi connectivity index (χ3n) is 3.79. The molecule has 2 rings (SSSR count). The van der Waals surface area contributed by atoms with Gasteiger partial charge in [0.15, 0.2) is 0 Å². The van der Waals surface area contributed by atoms with Crippen LogP contribution in [0.2, 0.25) is 0 Å². The molecule has 1 nitrogen and oxygen atoms in total. The number of nitrogens with one attached hydrogen (secondary N) is 1. The van der Waals surface area contributed by atoms with Gasteiger partial charge in [0.05, 0.1) is 0 Å². The van der Waals surface area contributed by atoms with Crippen LogP contribution in [0, 0.1) is 6.92 Å². The minimum absolute atomic E-state index is 0.696. The molecule has 2 unspecified atom stereocenters. The standard InChI is InChI=1S/C16H25NS/c1-3-17-14-10-5-4-6-12-16(14)18-15-11-8-7-9-13(15)2/h7-9,11,14,16-17H,3-6,10,12H2,1-2H3. The lowest BCUT2D eigenvalue weighted by atomic mass is 10.1. The average molecular weight is 263 g/mol. The highest BCUT2D eigenvalue weighted by molar-refractivity contribution is 8.00. The first-order chi connectivity index (χ1) is 8.81. The molecule has 100 valence electrons. The van der Waals surface area contributed by atoms with Crippen LogP contribution in [0.3, 0.4) is 0 Å². The van der Waals surface area contributed by atoms with Gasteiger partial charge in [-0.05, 0) is 37.9 Å². The van der Waals surface area contributed by atoms with Crippen molar-refractivity contribution in [2.75, 3.05) is 6.54 Å². The molecular weight excluding hydrogens is 238 g/mol. The topological polar surface area (TPSA) is 12.0 Å². The zero-order valence-electron chi connectivity index (χ0n) is 11.6. The summed E-state index contributed by atoms with van der Waals surface area (Å²) in [6, 6.07) is 9.49. The number of rotatable bonds is 4. The molecular formula is C16H25NS. The highest BCUT2D eigenvalue weighted by Gasteiger charge is 2.24. The van der Waals surface area contributed by atoms with E-state index in [9.17, 15) is 0 Å². The van der Waals surface area contributed by atoms with Gasteiger partial charge >= 0.3 is 0 Å². The van der Waals surface area contributed by atoms with E-state index in [0.717, 1.165) is 11.8 Å². The lowest BCUT2D eigenvalue weighted by molar-refractivity contribution is 0.482. The van der Waals surface area contributed by atoms with Crippen molar-refractivity contribution in [1.29, 1.82) is 0 Å². The summed E-state index contributed by atoms with van der Waals surface area (Å²) in [6.07, 6.45) is 6.90. The first-order valence-electron chi connectivity index (χ1n) is 7.27. The number of benzene rings is 1. The molecule has 18 heavy (non-hydrogen) atoms. The molecule has 1 aromatic rings. The minimum atomic E-state index is 0.696. The van der Waals surface area contributed by atoms with Crippen molar-refractivity contribution in [1.82, 2.24) is 5.32 Å². The van der Waals surface area contributed by atoms with Crippen LogP contribution in [0.4, 0.5) is 0 Å². The van der Waals surface area contributed by atoms with E-state index in [-0.39, 0.29) is 0 Å². The highest BCUT2D eigenvalue weighted by Crippen LogP contribution is 2.34. The van der Waals surface area contributed by atoms with Crippen LogP contribution in [0.15, 0.2) is 29.2 Å². The fourth-order valence-corrected chi connectivity index (χ4v) is 4.18. The van der Waals surface area contributed by atoms with E-state index >= 15 is 0 Å². The SMILES string of the molecule is CCNC1CCCCCC1Sc1ccccc1C. The molecule has 1 aromatic carbocycles. The smallest absolute Gasteiger partial charge is 0.0248 e. The molecule has 1 aliphatic rings. The van der Waals surface area contributed by atoms with E-state index in [1.54, 1.807) is 0 Å². The molecule has 1 fully saturated rings. The number of aryl methyl sites for hydroxylation is 1. The van der Waals surface area contributed by atoms with Gasteiger partial charge in [-0.2, -0.15) is 0 Å². The van der Waals surface area contributed by atoms with Gasteiger partial charge in [-0.25, -0.2) is 0 Å². The summed E-state index contributed by atoms with van der Waals surface area (Å²) in [5.41, 5.74) is 1.42. The maximum absolute atomic E-state index is 3.69. The van der Waals surface area contributed by atoms with Gasteiger partial charge in [0, 0.05) is 16.2 Å². The zero-order valence-corrected chi connectivity index (χ0v) is 12.4. The second-order valence-electron chi connectivity index (χ2n) is 5.22. The van der Waals surface area contributed by atoms with E-state index in [1.165, 1.54) is 42.6 Å². The predicted octanol–water partition coefficient (Wildman–Crippen LogP) is 4.40. The Morgan fingerprint density at radius 1 is 1.17 bits per heavy atom. The number of thioether (sulfide) groups is 1. The van der Waals surface area contributed by atoms with Crippen LogP contribution in [-0.2, 0) is 0 Å². The highest BCUT2D eigenvalue weighted by atomic mass is 32.2. The molecule has 1 N–H and O–H groups in total. The largest absolute Gasteiger partial charge is 0.313 e. The summed E-state index contributed by atoms with van der Waals surface area (Å²) in [5, 5.41) is 4.44. The third-order valence-corrected chi connectivity index (χ3v) is 5.37. The van der Waals surface area contributed by atoms with Gasteiger partial charge < -0.3 is 5.32 Å². The van der Waals surface area contributed by atoms with Crippen LogP contribution in [0.25, 0.3) is 0 Å². The van der Waals surface area contributed by atoms with Crippen molar-refractivity contribution in [3.8, 4) is 0 Å². The quantitative estimate of drug-likeness (QED) is 0.808. The summed E-state index contributed by atoms with van der Waals surface area (Å²) in [7, 11) is 0. The summed E-state index contributed by atoms with van der Waals surface area (Å²) in [5.74, 6) is 0. The van der Waals surface area contributed by atoms with Crippen molar-refractivity contribution in [3.05, 3.63) is 29.8 Å². The van der Waals surface area contributed by atoms with Crippen molar-refractivity contribution in [2.24, 2.45) is 0 Å². The van der Waals surface area contributed by atoms with E-state index in [1.807, 2.05) is 0 Å². The zero-order chi connectivity index (χ0) is 12.8. The monoisotopic (exact) mass is 263 g/mol. The van der Waals surface area contributed by atoms with E-state index in [4.69, 9.17) is 0 Å².